The Morgan fingerprint density at radius 1 is 1.21 bits per heavy atom. The van der Waals surface area contributed by atoms with E-state index in [1.165, 1.54) is 26.0 Å². The summed E-state index contributed by atoms with van der Waals surface area (Å²) < 4.78 is 1.18. The molecule has 19 heavy (non-hydrogen) atoms. The average molecular weight is 338 g/mol. The van der Waals surface area contributed by atoms with Crippen molar-refractivity contribution in [2.45, 2.75) is 33.2 Å². The van der Waals surface area contributed by atoms with Gasteiger partial charge in [0.1, 0.15) is 0 Å². The highest BCUT2D eigenvalue weighted by molar-refractivity contribution is 9.10. The van der Waals surface area contributed by atoms with Gasteiger partial charge in [0.05, 0.1) is 0 Å². The Morgan fingerprint density at radius 2 is 2.00 bits per heavy atom. The zero-order valence-electron chi connectivity index (χ0n) is 11.7. The standard InChI is InChI=1S/C16H20BrNS/c1-4-18-15(16-9-14(17)10-19-16)8-13-6-5-11(2)12(3)7-13/h5-7,9-10,15,18H,4,8H2,1-3H3. The SMILES string of the molecule is CCNC(Cc1ccc(C)c(C)c1)c1cc(Br)cs1. The van der Waals surface area contributed by atoms with Crippen LogP contribution in [0, 0.1) is 13.8 Å². The van der Waals surface area contributed by atoms with Gasteiger partial charge in [-0.2, -0.15) is 0 Å². The maximum Gasteiger partial charge on any atom is 0.0455 e. The van der Waals surface area contributed by atoms with Gasteiger partial charge in [-0.1, -0.05) is 25.1 Å². The lowest BCUT2D eigenvalue weighted by Crippen LogP contribution is -2.22. The minimum absolute atomic E-state index is 0.406. The molecule has 0 saturated heterocycles. The van der Waals surface area contributed by atoms with Gasteiger partial charge in [0.2, 0.25) is 0 Å². The molecule has 2 rings (SSSR count). The Morgan fingerprint density at radius 3 is 2.58 bits per heavy atom. The van der Waals surface area contributed by atoms with Crippen LogP contribution in [0.3, 0.4) is 0 Å². The third-order valence-electron chi connectivity index (χ3n) is 3.39. The normalized spacial score (nSPS) is 12.6. The number of thiophene rings is 1. The fourth-order valence-electron chi connectivity index (χ4n) is 2.20. The number of benzene rings is 1. The van der Waals surface area contributed by atoms with E-state index in [-0.39, 0.29) is 0 Å². The molecule has 0 spiro atoms. The number of hydrogen-bond donors (Lipinski definition) is 1. The van der Waals surface area contributed by atoms with Gasteiger partial charge >= 0.3 is 0 Å². The third-order valence-corrected chi connectivity index (χ3v) is 5.20. The molecule has 0 aliphatic carbocycles. The van der Waals surface area contributed by atoms with E-state index in [2.05, 4.69) is 71.7 Å². The summed E-state index contributed by atoms with van der Waals surface area (Å²) in [7, 11) is 0. The number of halogens is 1. The number of rotatable bonds is 5. The lowest BCUT2D eigenvalue weighted by atomic mass is 10.00. The van der Waals surface area contributed by atoms with Crippen molar-refractivity contribution in [3.8, 4) is 0 Å². The van der Waals surface area contributed by atoms with E-state index in [0.29, 0.717) is 6.04 Å². The molecule has 1 heterocycles. The number of aryl methyl sites for hydroxylation is 2. The predicted molar refractivity (Wildman–Crippen MR) is 88.1 cm³/mol. The van der Waals surface area contributed by atoms with Crippen LogP contribution >= 0.6 is 27.3 Å². The highest BCUT2D eigenvalue weighted by atomic mass is 79.9. The van der Waals surface area contributed by atoms with Gasteiger partial charge in [-0.15, -0.1) is 11.3 Å². The first-order valence-corrected chi connectivity index (χ1v) is 8.31. The van der Waals surface area contributed by atoms with Gasteiger partial charge in [-0.05, 0) is 65.5 Å². The first-order valence-electron chi connectivity index (χ1n) is 6.63. The number of nitrogens with one attached hydrogen (secondary N) is 1. The van der Waals surface area contributed by atoms with Crippen molar-refractivity contribution in [2.75, 3.05) is 6.54 Å². The van der Waals surface area contributed by atoms with Crippen LogP contribution in [0.15, 0.2) is 34.1 Å². The Kier molecular flexibility index (Phi) is 5.20. The first-order chi connectivity index (χ1) is 9.10. The average Bonchev–Trinajstić information content (AvgIpc) is 2.80. The molecule has 3 heteroatoms. The van der Waals surface area contributed by atoms with Crippen LogP contribution in [0.2, 0.25) is 0 Å². The summed E-state index contributed by atoms with van der Waals surface area (Å²) in [6, 6.07) is 9.40. The molecule has 0 bridgehead atoms. The second-order valence-electron chi connectivity index (χ2n) is 4.90. The summed E-state index contributed by atoms with van der Waals surface area (Å²) in [6.07, 6.45) is 1.04. The van der Waals surface area contributed by atoms with Crippen molar-refractivity contribution in [2.24, 2.45) is 0 Å². The molecule has 1 aromatic carbocycles. The molecule has 0 fully saturated rings. The Labute approximate surface area is 128 Å². The molecular weight excluding hydrogens is 318 g/mol. The molecule has 0 radical (unpaired) electrons. The molecule has 1 aromatic heterocycles. The van der Waals surface area contributed by atoms with Crippen molar-refractivity contribution in [3.63, 3.8) is 0 Å². The van der Waals surface area contributed by atoms with Crippen LogP contribution < -0.4 is 5.32 Å². The summed E-state index contributed by atoms with van der Waals surface area (Å²) in [5.74, 6) is 0. The van der Waals surface area contributed by atoms with Gasteiger partial charge in [0.15, 0.2) is 0 Å². The minimum atomic E-state index is 0.406. The van der Waals surface area contributed by atoms with E-state index in [1.54, 1.807) is 0 Å². The molecule has 1 atom stereocenters. The molecule has 1 unspecified atom stereocenters. The van der Waals surface area contributed by atoms with Crippen LogP contribution in [-0.2, 0) is 6.42 Å². The smallest absolute Gasteiger partial charge is 0.0455 e. The third kappa shape index (κ3) is 3.91. The van der Waals surface area contributed by atoms with Crippen molar-refractivity contribution >= 4 is 27.3 Å². The molecule has 0 aliphatic rings. The van der Waals surface area contributed by atoms with Crippen LogP contribution in [0.4, 0.5) is 0 Å². The zero-order valence-corrected chi connectivity index (χ0v) is 14.1. The Balaban J connectivity index is 2.18. The zero-order chi connectivity index (χ0) is 13.8. The second kappa shape index (κ2) is 6.69. The van der Waals surface area contributed by atoms with Crippen molar-refractivity contribution in [1.82, 2.24) is 5.32 Å². The lowest BCUT2D eigenvalue weighted by molar-refractivity contribution is 0.558. The van der Waals surface area contributed by atoms with Gasteiger partial charge in [0, 0.05) is 20.8 Å². The van der Waals surface area contributed by atoms with Gasteiger partial charge in [0.25, 0.3) is 0 Å². The van der Waals surface area contributed by atoms with E-state index < -0.39 is 0 Å². The molecule has 0 saturated carbocycles. The maximum absolute atomic E-state index is 3.58. The highest BCUT2D eigenvalue weighted by Gasteiger charge is 2.13. The Bertz CT molecular complexity index is 547. The van der Waals surface area contributed by atoms with E-state index in [9.17, 15) is 0 Å². The lowest BCUT2D eigenvalue weighted by Gasteiger charge is -2.17. The topological polar surface area (TPSA) is 12.0 Å². The fraction of sp³-hybridized carbons (Fsp3) is 0.375. The monoisotopic (exact) mass is 337 g/mol. The van der Waals surface area contributed by atoms with Crippen molar-refractivity contribution < 1.29 is 0 Å². The summed E-state index contributed by atoms with van der Waals surface area (Å²) >= 11 is 5.36. The molecule has 0 amide bonds. The largest absolute Gasteiger partial charge is 0.309 e. The van der Waals surface area contributed by atoms with E-state index >= 15 is 0 Å². The summed E-state index contributed by atoms with van der Waals surface area (Å²) in [4.78, 5) is 1.40. The van der Waals surface area contributed by atoms with Gasteiger partial charge in [-0.3, -0.25) is 0 Å². The van der Waals surface area contributed by atoms with Crippen molar-refractivity contribution in [3.05, 3.63) is 55.7 Å². The molecular formula is C16H20BrNS. The number of hydrogen-bond acceptors (Lipinski definition) is 2. The van der Waals surface area contributed by atoms with E-state index in [0.717, 1.165) is 13.0 Å². The molecule has 2 aromatic rings. The van der Waals surface area contributed by atoms with Gasteiger partial charge in [-0.25, -0.2) is 0 Å². The Hall–Kier alpha value is -0.640. The number of likely N-dealkylation sites (N-methyl/N-ethyl adjacent to an activating group) is 1. The van der Waals surface area contributed by atoms with Crippen LogP contribution in [0.1, 0.15) is 34.5 Å². The summed E-state index contributed by atoms with van der Waals surface area (Å²) in [5.41, 5.74) is 4.14. The molecule has 0 aliphatic heterocycles. The van der Waals surface area contributed by atoms with Gasteiger partial charge < -0.3 is 5.32 Å². The molecule has 102 valence electrons. The van der Waals surface area contributed by atoms with E-state index in [1.807, 2.05) is 11.3 Å². The highest BCUT2D eigenvalue weighted by Crippen LogP contribution is 2.28. The predicted octanol–water partition coefficient (Wildman–Crippen LogP) is 5.02. The molecule has 1 nitrogen and oxygen atoms in total. The van der Waals surface area contributed by atoms with E-state index in [4.69, 9.17) is 0 Å². The summed E-state index contributed by atoms with van der Waals surface area (Å²) in [5, 5.41) is 5.74. The molecule has 1 N–H and O–H groups in total. The van der Waals surface area contributed by atoms with Crippen LogP contribution in [-0.4, -0.2) is 6.54 Å². The summed E-state index contributed by atoms with van der Waals surface area (Å²) in [6.45, 7) is 7.50. The van der Waals surface area contributed by atoms with Crippen LogP contribution in [0.25, 0.3) is 0 Å². The maximum atomic E-state index is 3.58. The van der Waals surface area contributed by atoms with Crippen LogP contribution in [0.5, 0.6) is 0 Å². The first kappa shape index (κ1) is 14.8. The van der Waals surface area contributed by atoms with Crippen molar-refractivity contribution in [1.29, 1.82) is 0 Å². The minimum Gasteiger partial charge on any atom is -0.309 e. The second-order valence-corrected chi connectivity index (χ2v) is 6.76. The fourth-order valence-corrected chi connectivity index (χ4v) is 3.72. The quantitative estimate of drug-likeness (QED) is 0.807.